The predicted molar refractivity (Wildman–Crippen MR) is 76.9 cm³/mol. The normalized spacial score (nSPS) is 10.4. The van der Waals surface area contributed by atoms with E-state index in [1.807, 2.05) is 0 Å². The van der Waals surface area contributed by atoms with Gasteiger partial charge in [-0.2, -0.15) is 0 Å². The minimum Gasteiger partial charge on any atom is -0.352 e. The van der Waals surface area contributed by atoms with Crippen molar-refractivity contribution in [3.8, 4) is 0 Å². The molecule has 0 saturated carbocycles. The third-order valence-electron chi connectivity index (χ3n) is 2.69. The molecule has 0 aliphatic carbocycles. The molecule has 0 aliphatic heterocycles. The molecule has 2 aromatic heterocycles. The molecule has 19 heavy (non-hydrogen) atoms. The average Bonchev–Trinajstić information content (AvgIpc) is 2.73. The van der Waals surface area contributed by atoms with Gasteiger partial charge in [0.05, 0.1) is 0 Å². The van der Waals surface area contributed by atoms with Gasteiger partial charge in [-0.25, -0.2) is 0 Å². The van der Waals surface area contributed by atoms with E-state index in [-0.39, 0.29) is 11.5 Å². The van der Waals surface area contributed by atoms with Gasteiger partial charge in [0.2, 0.25) is 5.56 Å². The number of amides is 1. The summed E-state index contributed by atoms with van der Waals surface area (Å²) in [5, 5.41) is 2.83. The molecule has 0 bridgehead atoms. The van der Waals surface area contributed by atoms with Crippen LogP contribution < -0.4 is 10.9 Å². The number of carbonyl (C=O) groups excluding carboxylic acids is 1. The molecule has 2 aromatic rings. The topological polar surface area (TPSA) is 62.0 Å². The maximum atomic E-state index is 11.9. The Morgan fingerprint density at radius 3 is 2.74 bits per heavy atom. The first-order chi connectivity index (χ1) is 9.04. The van der Waals surface area contributed by atoms with Crippen LogP contribution in [0.1, 0.15) is 25.8 Å². The minimum absolute atomic E-state index is 0.206. The van der Waals surface area contributed by atoms with Crippen molar-refractivity contribution in [2.75, 3.05) is 6.54 Å². The van der Waals surface area contributed by atoms with Crippen LogP contribution in [0.3, 0.4) is 0 Å². The second kappa shape index (κ2) is 5.84. The standard InChI is InChI=1S/C14H16N2O2S/c1-9-7-11(8-13(17)16-9)14(18)15-6-5-12-4-3-10(2)19-12/h3-4,7-8H,5-6H2,1-2H3,(H,15,18)(H,16,17). The van der Waals surface area contributed by atoms with Crippen molar-refractivity contribution in [1.29, 1.82) is 0 Å². The number of aromatic nitrogens is 1. The van der Waals surface area contributed by atoms with E-state index in [9.17, 15) is 9.59 Å². The lowest BCUT2D eigenvalue weighted by molar-refractivity contribution is 0.0954. The van der Waals surface area contributed by atoms with Gasteiger partial charge in [-0.3, -0.25) is 9.59 Å². The van der Waals surface area contributed by atoms with Crippen LogP contribution in [-0.2, 0) is 6.42 Å². The largest absolute Gasteiger partial charge is 0.352 e. The number of nitrogens with one attached hydrogen (secondary N) is 2. The van der Waals surface area contributed by atoms with Crippen LogP contribution in [0.25, 0.3) is 0 Å². The first-order valence-electron chi connectivity index (χ1n) is 6.09. The molecule has 0 aliphatic rings. The van der Waals surface area contributed by atoms with E-state index < -0.39 is 0 Å². The Bertz CT molecular complexity index is 643. The van der Waals surface area contributed by atoms with Crippen molar-refractivity contribution < 1.29 is 4.79 Å². The van der Waals surface area contributed by atoms with Crippen LogP contribution >= 0.6 is 11.3 Å². The van der Waals surface area contributed by atoms with Crippen LogP contribution in [0.4, 0.5) is 0 Å². The second-order valence-corrected chi connectivity index (χ2v) is 5.81. The van der Waals surface area contributed by atoms with Crippen molar-refractivity contribution in [3.63, 3.8) is 0 Å². The maximum Gasteiger partial charge on any atom is 0.251 e. The number of H-pyrrole nitrogens is 1. The van der Waals surface area contributed by atoms with E-state index in [1.165, 1.54) is 15.8 Å². The fourth-order valence-electron chi connectivity index (χ4n) is 1.83. The first kappa shape index (κ1) is 13.5. The molecular formula is C14H16N2O2S. The Kier molecular flexibility index (Phi) is 4.16. The van der Waals surface area contributed by atoms with E-state index in [0.717, 1.165) is 6.42 Å². The van der Waals surface area contributed by atoms with Crippen LogP contribution in [0.15, 0.2) is 29.1 Å². The SMILES string of the molecule is Cc1cc(C(=O)NCCc2ccc(C)s2)cc(=O)[nH]1. The van der Waals surface area contributed by atoms with Crippen molar-refractivity contribution in [1.82, 2.24) is 10.3 Å². The number of hydrogen-bond donors (Lipinski definition) is 2. The van der Waals surface area contributed by atoms with Gasteiger partial charge >= 0.3 is 0 Å². The van der Waals surface area contributed by atoms with E-state index >= 15 is 0 Å². The van der Waals surface area contributed by atoms with E-state index in [2.05, 4.69) is 29.4 Å². The molecule has 2 heterocycles. The van der Waals surface area contributed by atoms with Gasteiger partial charge in [0.25, 0.3) is 5.91 Å². The highest BCUT2D eigenvalue weighted by molar-refractivity contribution is 7.11. The molecule has 0 radical (unpaired) electrons. The van der Waals surface area contributed by atoms with Gasteiger partial charge in [-0.15, -0.1) is 11.3 Å². The van der Waals surface area contributed by atoms with Gasteiger partial charge in [-0.05, 0) is 38.5 Å². The van der Waals surface area contributed by atoms with E-state index in [1.54, 1.807) is 24.3 Å². The zero-order valence-electron chi connectivity index (χ0n) is 10.9. The smallest absolute Gasteiger partial charge is 0.251 e. The van der Waals surface area contributed by atoms with Gasteiger partial charge in [-0.1, -0.05) is 0 Å². The summed E-state index contributed by atoms with van der Waals surface area (Å²) >= 11 is 1.73. The zero-order chi connectivity index (χ0) is 13.8. The maximum absolute atomic E-state index is 11.9. The van der Waals surface area contributed by atoms with Gasteiger partial charge in [0.1, 0.15) is 0 Å². The Morgan fingerprint density at radius 1 is 1.32 bits per heavy atom. The molecule has 100 valence electrons. The lowest BCUT2D eigenvalue weighted by atomic mass is 10.2. The highest BCUT2D eigenvalue weighted by Gasteiger charge is 2.06. The number of hydrogen-bond acceptors (Lipinski definition) is 3. The van der Waals surface area contributed by atoms with E-state index in [4.69, 9.17) is 0 Å². The molecule has 0 aromatic carbocycles. The molecule has 0 saturated heterocycles. The summed E-state index contributed by atoms with van der Waals surface area (Å²) in [6.45, 7) is 4.39. The van der Waals surface area contributed by atoms with Crippen LogP contribution in [0.5, 0.6) is 0 Å². The minimum atomic E-state index is -0.251. The molecule has 4 nitrogen and oxygen atoms in total. The lowest BCUT2D eigenvalue weighted by Crippen LogP contribution is -2.27. The third kappa shape index (κ3) is 3.79. The summed E-state index contributed by atoms with van der Waals surface area (Å²) in [6, 6.07) is 7.13. The highest BCUT2D eigenvalue weighted by atomic mass is 32.1. The van der Waals surface area contributed by atoms with Crippen molar-refractivity contribution in [3.05, 3.63) is 55.6 Å². The molecule has 5 heteroatoms. The fraction of sp³-hybridized carbons (Fsp3) is 0.286. The first-order valence-corrected chi connectivity index (χ1v) is 6.91. The van der Waals surface area contributed by atoms with Crippen LogP contribution in [0.2, 0.25) is 0 Å². The molecular weight excluding hydrogens is 260 g/mol. The second-order valence-electron chi connectivity index (χ2n) is 4.43. The molecule has 0 spiro atoms. The van der Waals surface area contributed by atoms with Gasteiger partial charge in [0, 0.05) is 33.6 Å². The predicted octanol–water partition coefficient (Wildman–Crippen LogP) is 2.03. The van der Waals surface area contributed by atoms with Gasteiger partial charge in [0.15, 0.2) is 0 Å². The number of aromatic amines is 1. The summed E-state index contributed by atoms with van der Waals surface area (Å²) in [5.41, 5.74) is 0.842. The Morgan fingerprint density at radius 2 is 2.11 bits per heavy atom. The summed E-state index contributed by atoms with van der Waals surface area (Å²) in [6.07, 6.45) is 0.812. The number of rotatable bonds is 4. The monoisotopic (exact) mass is 276 g/mol. The van der Waals surface area contributed by atoms with Crippen molar-refractivity contribution in [2.45, 2.75) is 20.3 Å². The zero-order valence-corrected chi connectivity index (χ0v) is 11.8. The Balaban J connectivity index is 1.92. The average molecular weight is 276 g/mol. The van der Waals surface area contributed by atoms with Crippen molar-refractivity contribution >= 4 is 17.2 Å². The summed E-state index contributed by atoms with van der Waals surface area (Å²) in [5.74, 6) is -0.206. The Labute approximate surface area is 115 Å². The quantitative estimate of drug-likeness (QED) is 0.897. The summed E-state index contributed by atoms with van der Waals surface area (Å²) in [4.78, 5) is 28.3. The molecule has 0 atom stereocenters. The molecule has 0 fully saturated rings. The third-order valence-corrected chi connectivity index (χ3v) is 3.75. The molecule has 2 rings (SSSR count). The molecule has 1 amide bonds. The van der Waals surface area contributed by atoms with E-state index in [0.29, 0.717) is 17.8 Å². The number of carbonyl (C=O) groups is 1. The highest BCUT2D eigenvalue weighted by Crippen LogP contribution is 2.14. The molecule has 2 N–H and O–H groups in total. The Hall–Kier alpha value is -1.88. The summed E-state index contributed by atoms with van der Waals surface area (Å²) < 4.78 is 0. The lowest BCUT2D eigenvalue weighted by Gasteiger charge is -2.04. The molecule has 0 unspecified atom stereocenters. The van der Waals surface area contributed by atoms with Crippen molar-refractivity contribution in [2.24, 2.45) is 0 Å². The summed E-state index contributed by atoms with van der Waals surface area (Å²) in [7, 11) is 0. The number of pyridine rings is 1. The van der Waals surface area contributed by atoms with Crippen LogP contribution in [0, 0.1) is 13.8 Å². The van der Waals surface area contributed by atoms with Gasteiger partial charge < -0.3 is 10.3 Å². The fourth-order valence-corrected chi connectivity index (χ4v) is 2.72. The number of aryl methyl sites for hydroxylation is 2. The number of thiophene rings is 1. The van der Waals surface area contributed by atoms with Crippen LogP contribution in [-0.4, -0.2) is 17.4 Å².